The summed E-state index contributed by atoms with van der Waals surface area (Å²) in [5, 5.41) is 27.4. The van der Waals surface area contributed by atoms with E-state index < -0.39 is 47.2 Å². The van der Waals surface area contributed by atoms with Crippen LogP contribution in [0.3, 0.4) is 0 Å². The van der Waals surface area contributed by atoms with E-state index in [1.54, 1.807) is 23.5 Å². The van der Waals surface area contributed by atoms with Crippen LogP contribution >= 0.6 is 0 Å². The number of rotatable bonds is 10. The van der Waals surface area contributed by atoms with E-state index in [9.17, 15) is 36.7 Å². The van der Waals surface area contributed by atoms with Gasteiger partial charge in [0.1, 0.15) is 35.4 Å². The maximum atomic E-state index is 13.9. The van der Waals surface area contributed by atoms with Gasteiger partial charge in [0.2, 0.25) is 11.6 Å². The van der Waals surface area contributed by atoms with Crippen molar-refractivity contribution in [1.82, 2.24) is 60.6 Å². The minimum Gasteiger partial charge on any atom is -0.337 e. The van der Waals surface area contributed by atoms with Crippen molar-refractivity contribution in [2.45, 2.75) is 88.4 Å². The van der Waals surface area contributed by atoms with Gasteiger partial charge < -0.3 is 10.6 Å². The van der Waals surface area contributed by atoms with Crippen LogP contribution in [-0.4, -0.2) is 99.7 Å². The van der Waals surface area contributed by atoms with Gasteiger partial charge in [-0.3, -0.25) is 39.2 Å². The highest BCUT2D eigenvalue weighted by molar-refractivity contribution is 6.01. The van der Waals surface area contributed by atoms with Crippen molar-refractivity contribution in [3.05, 3.63) is 118 Å². The van der Waals surface area contributed by atoms with E-state index in [2.05, 4.69) is 51.2 Å². The van der Waals surface area contributed by atoms with Crippen LogP contribution in [0.5, 0.6) is 0 Å². The highest BCUT2D eigenvalue weighted by Crippen LogP contribution is 2.42. The lowest BCUT2D eigenvalue weighted by Crippen LogP contribution is -2.47. The average Bonchev–Trinajstić information content (AvgIpc) is 4.13. The molecule has 2 atom stereocenters. The fourth-order valence-corrected chi connectivity index (χ4v) is 7.72. The van der Waals surface area contributed by atoms with Gasteiger partial charge in [-0.05, 0) is 61.8 Å². The summed E-state index contributed by atoms with van der Waals surface area (Å²) in [5.41, 5.74) is 2.19. The van der Waals surface area contributed by atoms with Crippen LogP contribution in [0.25, 0.3) is 0 Å². The van der Waals surface area contributed by atoms with Crippen LogP contribution in [0.2, 0.25) is 0 Å². The number of aryl methyl sites for hydroxylation is 2. The first-order chi connectivity index (χ1) is 30.8. The molecule has 4 aliphatic rings. The summed E-state index contributed by atoms with van der Waals surface area (Å²) in [6.07, 6.45) is 5.13. The van der Waals surface area contributed by atoms with Crippen molar-refractivity contribution in [3.63, 3.8) is 0 Å². The second kappa shape index (κ2) is 17.1. The molecule has 2 fully saturated rings. The van der Waals surface area contributed by atoms with Gasteiger partial charge in [-0.15, -0.1) is 10.2 Å². The van der Waals surface area contributed by atoms with Gasteiger partial charge in [0.15, 0.2) is 23.3 Å². The molecule has 4 aromatic heterocycles. The molecule has 6 aromatic rings. The summed E-state index contributed by atoms with van der Waals surface area (Å²) in [6.45, 7) is 0.975. The van der Waals surface area contributed by atoms with E-state index in [-0.39, 0.29) is 59.1 Å². The standard InChI is InChI=1S/2C21H21F2N7O2/c2*1-29-17-10-15(11-5-6-11)28-30(17)8-7-14(21(29)32)24-20(31)19-25-16(26-27-19)9-12-3-2-4-13(22)18(12)23/h2*2-4,10-11,14H,5-9H2,1H3,(H,24,31)(H,25,26,27)/t2*14-/m10/s1. The lowest BCUT2D eigenvalue weighted by atomic mass is 10.1. The Bertz CT molecular complexity index is 2590. The summed E-state index contributed by atoms with van der Waals surface area (Å²) >= 11 is 0. The number of H-pyrrole nitrogens is 2. The maximum Gasteiger partial charge on any atom is 0.291 e. The number of hydrogen-bond acceptors (Lipinski definition) is 10. The molecule has 64 heavy (non-hydrogen) atoms. The zero-order valence-corrected chi connectivity index (χ0v) is 34.6. The van der Waals surface area contributed by atoms with Crippen LogP contribution in [0.4, 0.5) is 29.2 Å². The van der Waals surface area contributed by atoms with Gasteiger partial charge >= 0.3 is 0 Å². The maximum absolute atomic E-state index is 13.9. The predicted octanol–water partition coefficient (Wildman–Crippen LogP) is 3.83. The highest BCUT2D eigenvalue weighted by Gasteiger charge is 2.36. The fraction of sp³-hybridized carbons (Fsp3) is 0.381. The summed E-state index contributed by atoms with van der Waals surface area (Å²) < 4.78 is 58.1. The Morgan fingerprint density at radius 2 is 1.05 bits per heavy atom. The third-order valence-corrected chi connectivity index (χ3v) is 11.6. The summed E-state index contributed by atoms with van der Waals surface area (Å²) in [6, 6.07) is 10.0. The van der Waals surface area contributed by atoms with Gasteiger partial charge in [0.05, 0.1) is 11.4 Å². The minimum atomic E-state index is -0.968. The Balaban J connectivity index is 0.000000162. The molecule has 10 rings (SSSR count). The number of nitrogens with one attached hydrogen (secondary N) is 4. The summed E-state index contributed by atoms with van der Waals surface area (Å²) in [7, 11) is 3.32. The molecule has 4 N–H and O–H groups in total. The number of benzene rings is 2. The number of hydrogen-bond donors (Lipinski definition) is 4. The molecule has 2 aliphatic carbocycles. The van der Waals surface area contributed by atoms with E-state index in [0.29, 0.717) is 49.4 Å². The van der Waals surface area contributed by atoms with Crippen molar-refractivity contribution in [3.8, 4) is 0 Å². The quantitative estimate of drug-likeness (QED) is 0.146. The molecular formula is C42H42F4N14O4. The molecule has 0 saturated heterocycles. The lowest BCUT2D eigenvalue weighted by Gasteiger charge is -2.19. The third kappa shape index (κ3) is 8.71. The van der Waals surface area contributed by atoms with Crippen LogP contribution in [0.15, 0.2) is 48.5 Å². The molecule has 2 saturated carbocycles. The van der Waals surface area contributed by atoms with Crippen LogP contribution in [0.1, 0.15) is 106 Å². The van der Waals surface area contributed by atoms with Crippen molar-refractivity contribution in [2.24, 2.45) is 0 Å². The largest absolute Gasteiger partial charge is 0.337 e. The Hall–Kier alpha value is -7.26. The zero-order valence-electron chi connectivity index (χ0n) is 34.6. The molecule has 22 heteroatoms. The van der Waals surface area contributed by atoms with Crippen LogP contribution in [-0.2, 0) is 35.5 Å². The van der Waals surface area contributed by atoms with E-state index in [4.69, 9.17) is 0 Å². The number of amides is 4. The highest BCUT2D eigenvalue weighted by atomic mass is 19.2. The third-order valence-electron chi connectivity index (χ3n) is 11.6. The molecule has 0 spiro atoms. The molecule has 2 aliphatic heterocycles. The second-order valence-electron chi connectivity index (χ2n) is 16.3. The van der Waals surface area contributed by atoms with Crippen molar-refractivity contribution < 1.29 is 36.7 Å². The molecule has 6 heterocycles. The SMILES string of the molecule is CN1C(=O)[C@@H](NC(=O)c2n[nH]c(Cc3cccc(F)c3F)n2)CCn2nc(C3CC3)cc21.CN1C(=O)[C@H](NC(=O)c2n[nH]c(Cc3cccc(F)c3F)n2)CCn2nc(C3CC3)cc21. The van der Waals surface area contributed by atoms with E-state index in [1.807, 2.05) is 12.1 Å². The number of fused-ring (bicyclic) bond motifs is 2. The first-order valence-corrected chi connectivity index (χ1v) is 20.8. The Labute approximate surface area is 361 Å². The number of aromatic amines is 2. The first kappa shape index (κ1) is 42.1. The van der Waals surface area contributed by atoms with Crippen LogP contribution in [0, 0.1) is 23.3 Å². The number of carbonyl (C=O) groups is 4. The number of carbonyl (C=O) groups excluding carboxylic acids is 4. The van der Waals surface area contributed by atoms with Crippen LogP contribution < -0.4 is 20.4 Å². The van der Waals surface area contributed by atoms with E-state index in [1.165, 1.54) is 34.1 Å². The lowest BCUT2D eigenvalue weighted by molar-refractivity contribution is -0.120. The second-order valence-corrected chi connectivity index (χ2v) is 16.3. The van der Waals surface area contributed by atoms with Gasteiger partial charge in [-0.25, -0.2) is 36.9 Å². The Kier molecular flexibility index (Phi) is 11.3. The van der Waals surface area contributed by atoms with Gasteiger partial charge in [0, 0.05) is 64.0 Å². The smallest absolute Gasteiger partial charge is 0.291 e. The molecule has 0 unspecified atom stereocenters. The fourth-order valence-electron chi connectivity index (χ4n) is 7.72. The van der Waals surface area contributed by atoms with Gasteiger partial charge in [0.25, 0.3) is 23.6 Å². The number of anilines is 2. The number of halogens is 4. The molecule has 2 aromatic carbocycles. The van der Waals surface area contributed by atoms with Gasteiger partial charge in [-0.2, -0.15) is 10.2 Å². The number of nitrogens with zero attached hydrogens (tertiary/aromatic N) is 10. The molecular weight excluding hydrogens is 841 g/mol. The summed E-state index contributed by atoms with van der Waals surface area (Å²) in [4.78, 5) is 62.3. The molecule has 18 nitrogen and oxygen atoms in total. The Morgan fingerprint density at radius 3 is 1.44 bits per heavy atom. The molecule has 0 bridgehead atoms. The monoisotopic (exact) mass is 882 g/mol. The summed E-state index contributed by atoms with van der Waals surface area (Å²) in [5.74, 6) is -3.17. The van der Waals surface area contributed by atoms with Crippen molar-refractivity contribution in [1.29, 1.82) is 0 Å². The number of likely N-dealkylation sites (N-methyl/N-ethyl adjacent to an activating group) is 2. The molecule has 0 radical (unpaired) electrons. The molecule has 4 amide bonds. The average molecular weight is 883 g/mol. The number of aromatic nitrogens is 10. The normalized spacial score (nSPS) is 18.4. The topological polar surface area (TPSA) is 218 Å². The van der Waals surface area contributed by atoms with Crippen molar-refractivity contribution >= 4 is 35.3 Å². The van der Waals surface area contributed by atoms with Crippen molar-refractivity contribution in [2.75, 3.05) is 23.9 Å². The zero-order chi connectivity index (χ0) is 44.8. The van der Waals surface area contributed by atoms with E-state index >= 15 is 0 Å². The predicted molar refractivity (Wildman–Crippen MR) is 218 cm³/mol. The van der Waals surface area contributed by atoms with Gasteiger partial charge in [-0.1, -0.05) is 24.3 Å². The first-order valence-electron chi connectivity index (χ1n) is 20.8. The Morgan fingerprint density at radius 1 is 0.641 bits per heavy atom. The molecule has 332 valence electrons. The van der Waals surface area contributed by atoms with E-state index in [0.717, 1.165) is 49.2 Å². The minimum absolute atomic E-state index is 0.0561.